The molecule has 3 atom stereocenters. The number of rotatable bonds is 4. The highest BCUT2D eigenvalue weighted by Crippen LogP contribution is 2.46. The second kappa shape index (κ2) is 4.82. The van der Waals surface area contributed by atoms with Crippen molar-refractivity contribution in [1.29, 1.82) is 0 Å². The van der Waals surface area contributed by atoms with Crippen LogP contribution in [0.1, 0.15) is 40.5 Å². The fourth-order valence-electron chi connectivity index (χ4n) is 3.29. The number of hydrogen-bond donors (Lipinski definition) is 1. The summed E-state index contributed by atoms with van der Waals surface area (Å²) in [4.78, 5) is 14.4. The van der Waals surface area contributed by atoms with Gasteiger partial charge in [0.2, 0.25) is 5.91 Å². The van der Waals surface area contributed by atoms with E-state index >= 15 is 0 Å². The first kappa shape index (κ1) is 13.8. The van der Waals surface area contributed by atoms with Crippen molar-refractivity contribution in [2.24, 2.45) is 11.3 Å². The molecular weight excluding hydrogens is 228 g/mol. The number of methoxy groups -OCH3 is 1. The zero-order chi connectivity index (χ0) is 13.5. The Morgan fingerprint density at radius 1 is 1.50 bits per heavy atom. The van der Waals surface area contributed by atoms with Gasteiger partial charge in [-0.15, -0.1) is 0 Å². The predicted octanol–water partition coefficient (Wildman–Crippen LogP) is 1.60. The van der Waals surface area contributed by atoms with E-state index in [4.69, 9.17) is 4.74 Å². The van der Waals surface area contributed by atoms with Crippen LogP contribution in [-0.2, 0) is 9.53 Å². The maximum absolute atomic E-state index is 12.4. The molecule has 2 fully saturated rings. The van der Waals surface area contributed by atoms with E-state index in [0.29, 0.717) is 18.6 Å². The molecule has 1 heterocycles. The molecule has 0 spiro atoms. The Kier molecular flexibility index (Phi) is 3.70. The van der Waals surface area contributed by atoms with E-state index in [1.165, 1.54) is 0 Å². The molecule has 2 rings (SSSR count). The van der Waals surface area contributed by atoms with Gasteiger partial charge in [0.15, 0.2) is 0 Å². The first-order valence-electron chi connectivity index (χ1n) is 6.94. The van der Waals surface area contributed by atoms with Gasteiger partial charge >= 0.3 is 0 Å². The van der Waals surface area contributed by atoms with Crippen LogP contribution < -0.4 is 5.32 Å². The van der Waals surface area contributed by atoms with Crippen molar-refractivity contribution >= 4 is 5.91 Å². The number of amides is 1. The molecule has 2 aliphatic rings. The van der Waals surface area contributed by atoms with Gasteiger partial charge in [-0.05, 0) is 18.8 Å². The zero-order valence-corrected chi connectivity index (χ0v) is 12.2. The van der Waals surface area contributed by atoms with E-state index in [1.54, 1.807) is 7.11 Å². The van der Waals surface area contributed by atoms with E-state index in [1.807, 2.05) is 4.90 Å². The van der Waals surface area contributed by atoms with Crippen LogP contribution in [0.5, 0.6) is 0 Å². The summed E-state index contributed by atoms with van der Waals surface area (Å²) in [6, 6.07) is 0.335. The molecule has 0 bridgehead atoms. The van der Waals surface area contributed by atoms with Crippen LogP contribution >= 0.6 is 0 Å². The summed E-state index contributed by atoms with van der Waals surface area (Å²) in [7, 11) is 1.76. The number of nitrogens with zero attached hydrogens (tertiary/aromatic N) is 1. The van der Waals surface area contributed by atoms with Crippen molar-refractivity contribution in [3.63, 3.8) is 0 Å². The third-order valence-electron chi connectivity index (χ3n) is 4.58. The normalized spacial score (nSPS) is 35.1. The molecule has 104 valence electrons. The number of ether oxygens (including phenoxy) is 1. The van der Waals surface area contributed by atoms with Gasteiger partial charge < -0.3 is 9.64 Å². The summed E-state index contributed by atoms with van der Waals surface area (Å²) < 4.78 is 5.46. The largest absolute Gasteiger partial charge is 0.381 e. The Balaban J connectivity index is 1.98. The van der Waals surface area contributed by atoms with Gasteiger partial charge in [0.25, 0.3) is 0 Å². The highest BCUT2D eigenvalue weighted by Gasteiger charge is 2.54. The van der Waals surface area contributed by atoms with Crippen molar-refractivity contribution in [2.45, 2.75) is 58.7 Å². The lowest BCUT2D eigenvalue weighted by atomic mass is 9.64. The number of carbonyl (C=O) groups is 1. The van der Waals surface area contributed by atoms with Crippen LogP contribution in [0, 0.1) is 11.3 Å². The molecule has 4 nitrogen and oxygen atoms in total. The smallest absolute Gasteiger partial charge is 0.241 e. The molecule has 3 unspecified atom stereocenters. The highest BCUT2D eigenvalue weighted by molar-refractivity contribution is 5.84. The van der Waals surface area contributed by atoms with E-state index in [0.717, 1.165) is 12.8 Å². The van der Waals surface area contributed by atoms with Crippen LogP contribution in [0.2, 0.25) is 0 Å². The quantitative estimate of drug-likeness (QED) is 0.828. The summed E-state index contributed by atoms with van der Waals surface area (Å²) in [5.41, 5.74) is 0.0683. The first-order valence-corrected chi connectivity index (χ1v) is 6.94. The van der Waals surface area contributed by atoms with Gasteiger partial charge in [0, 0.05) is 18.6 Å². The molecule has 1 saturated carbocycles. The molecule has 0 aromatic heterocycles. The maximum Gasteiger partial charge on any atom is 0.241 e. The topological polar surface area (TPSA) is 41.6 Å². The molecule has 0 radical (unpaired) electrons. The van der Waals surface area contributed by atoms with E-state index in [2.05, 4.69) is 33.0 Å². The molecular formula is C14H26N2O2. The summed E-state index contributed by atoms with van der Waals surface area (Å²) >= 11 is 0. The average Bonchev–Trinajstić information content (AvgIpc) is 2.60. The molecule has 1 aliphatic carbocycles. The fraction of sp³-hybridized carbons (Fsp3) is 0.929. The molecule has 1 aliphatic heterocycles. The van der Waals surface area contributed by atoms with Gasteiger partial charge in [-0.3, -0.25) is 10.1 Å². The minimum Gasteiger partial charge on any atom is -0.381 e. The van der Waals surface area contributed by atoms with Crippen molar-refractivity contribution < 1.29 is 9.53 Å². The standard InChI is InChI=1S/C14H26N2O2/c1-9(2)6-10-13(17)16(8-15-10)11-7-12(18-5)14(11,3)4/h9-12,15H,6-8H2,1-5H3. The minimum absolute atomic E-state index is 0.0161. The van der Waals surface area contributed by atoms with Crippen molar-refractivity contribution in [1.82, 2.24) is 10.2 Å². The van der Waals surface area contributed by atoms with E-state index in [9.17, 15) is 4.79 Å². The number of hydrogen-bond acceptors (Lipinski definition) is 3. The van der Waals surface area contributed by atoms with Crippen LogP contribution in [0.3, 0.4) is 0 Å². The summed E-state index contributed by atoms with van der Waals surface area (Å²) in [6.07, 6.45) is 2.17. The van der Waals surface area contributed by atoms with Crippen molar-refractivity contribution in [2.75, 3.05) is 13.8 Å². The highest BCUT2D eigenvalue weighted by atomic mass is 16.5. The monoisotopic (exact) mass is 254 g/mol. The molecule has 0 aromatic rings. The Labute approximate surface area is 110 Å². The second-order valence-electron chi connectivity index (χ2n) is 6.65. The Hall–Kier alpha value is -0.610. The van der Waals surface area contributed by atoms with E-state index < -0.39 is 0 Å². The SMILES string of the molecule is COC1CC(N2CNC(CC(C)C)C2=O)C1(C)C. The average molecular weight is 254 g/mol. The summed E-state index contributed by atoms with van der Waals surface area (Å²) in [5, 5.41) is 3.34. The second-order valence-corrected chi connectivity index (χ2v) is 6.65. The Bertz CT molecular complexity index is 328. The summed E-state index contributed by atoms with van der Waals surface area (Å²) in [5.74, 6) is 0.823. The molecule has 0 aromatic carbocycles. The lowest BCUT2D eigenvalue weighted by Crippen LogP contribution is -2.62. The lowest BCUT2D eigenvalue weighted by Gasteiger charge is -2.54. The van der Waals surface area contributed by atoms with Gasteiger partial charge in [0.05, 0.1) is 18.8 Å². The van der Waals surface area contributed by atoms with Gasteiger partial charge in [0.1, 0.15) is 0 Å². The lowest BCUT2D eigenvalue weighted by molar-refractivity contribution is -0.157. The zero-order valence-electron chi connectivity index (χ0n) is 12.2. The summed E-state index contributed by atoms with van der Waals surface area (Å²) in [6.45, 7) is 9.40. The Morgan fingerprint density at radius 2 is 2.17 bits per heavy atom. The molecule has 1 N–H and O–H groups in total. The molecule has 1 saturated heterocycles. The van der Waals surface area contributed by atoms with Gasteiger partial charge in [-0.2, -0.15) is 0 Å². The fourth-order valence-corrected chi connectivity index (χ4v) is 3.29. The first-order chi connectivity index (χ1) is 8.37. The molecule has 1 amide bonds. The van der Waals surface area contributed by atoms with Gasteiger partial charge in [-0.1, -0.05) is 27.7 Å². The third-order valence-corrected chi connectivity index (χ3v) is 4.58. The minimum atomic E-state index is 0.0161. The van der Waals surface area contributed by atoms with Crippen molar-refractivity contribution in [3.8, 4) is 0 Å². The van der Waals surface area contributed by atoms with Crippen LogP contribution in [0.15, 0.2) is 0 Å². The molecule has 18 heavy (non-hydrogen) atoms. The Morgan fingerprint density at radius 3 is 2.67 bits per heavy atom. The maximum atomic E-state index is 12.4. The van der Waals surface area contributed by atoms with Crippen LogP contribution in [-0.4, -0.2) is 42.8 Å². The molecule has 4 heteroatoms. The van der Waals surface area contributed by atoms with Gasteiger partial charge in [-0.25, -0.2) is 0 Å². The van der Waals surface area contributed by atoms with Crippen molar-refractivity contribution in [3.05, 3.63) is 0 Å². The number of nitrogens with one attached hydrogen (secondary N) is 1. The number of carbonyl (C=O) groups excluding carboxylic acids is 1. The van der Waals surface area contributed by atoms with E-state index in [-0.39, 0.29) is 23.5 Å². The third kappa shape index (κ3) is 2.16. The predicted molar refractivity (Wildman–Crippen MR) is 71.1 cm³/mol. The van der Waals surface area contributed by atoms with Crippen LogP contribution in [0.25, 0.3) is 0 Å². The van der Waals surface area contributed by atoms with Crippen LogP contribution in [0.4, 0.5) is 0 Å².